The number of piperidine rings is 1. The van der Waals surface area contributed by atoms with Crippen molar-refractivity contribution in [3.63, 3.8) is 0 Å². The van der Waals surface area contributed by atoms with Crippen LogP contribution in [0.15, 0.2) is 5.38 Å². The van der Waals surface area contributed by atoms with E-state index >= 15 is 0 Å². The zero-order chi connectivity index (χ0) is 16.3. The molecule has 2 aliphatic heterocycles. The van der Waals surface area contributed by atoms with Gasteiger partial charge in [0.25, 0.3) is 5.91 Å². The molecule has 0 aliphatic carbocycles. The Morgan fingerprint density at radius 2 is 1.96 bits per heavy atom. The molecule has 0 aromatic carbocycles. The molecule has 2 aliphatic rings. The maximum atomic E-state index is 12.6. The van der Waals surface area contributed by atoms with Gasteiger partial charge in [0.15, 0.2) is 0 Å². The number of thiophene rings is 1. The highest BCUT2D eigenvalue weighted by atomic mass is 32.1. The van der Waals surface area contributed by atoms with Crippen LogP contribution in [0.25, 0.3) is 0 Å². The summed E-state index contributed by atoms with van der Waals surface area (Å²) in [6.07, 6.45) is 5.94. The highest BCUT2D eigenvalue weighted by Crippen LogP contribution is 2.30. The molecule has 0 spiro atoms. The molecule has 1 aromatic heterocycles. The first-order chi connectivity index (χ1) is 11.1. The molecule has 5 heteroatoms. The zero-order valence-corrected chi connectivity index (χ0v) is 15.1. The molecule has 2 saturated heterocycles. The zero-order valence-electron chi connectivity index (χ0n) is 14.3. The molecule has 0 atom stereocenters. The highest BCUT2D eigenvalue weighted by Gasteiger charge is 2.39. The molecule has 3 heterocycles. The van der Waals surface area contributed by atoms with Crippen LogP contribution in [0.4, 0.5) is 0 Å². The molecule has 0 radical (unpaired) electrons. The summed E-state index contributed by atoms with van der Waals surface area (Å²) >= 11 is 1.66. The molecule has 3 rings (SSSR count). The first-order valence-corrected chi connectivity index (χ1v) is 9.66. The third-order valence-corrected chi connectivity index (χ3v) is 6.57. The number of likely N-dealkylation sites (tertiary alicyclic amines) is 1. The summed E-state index contributed by atoms with van der Waals surface area (Å²) in [6.45, 7) is 8.79. The Morgan fingerprint density at radius 1 is 1.26 bits per heavy atom. The van der Waals surface area contributed by atoms with Crippen LogP contribution in [0.1, 0.15) is 52.9 Å². The van der Waals surface area contributed by atoms with E-state index in [1.54, 1.807) is 11.3 Å². The lowest BCUT2D eigenvalue weighted by Gasteiger charge is -2.48. The lowest BCUT2D eigenvalue weighted by molar-refractivity contribution is -0.0349. The molecule has 4 nitrogen and oxygen atoms in total. The Labute approximate surface area is 143 Å². The van der Waals surface area contributed by atoms with Crippen molar-refractivity contribution in [3.8, 4) is 0 Å². The number of nitrogens with one attached hydrogen (secondary N) is 1. The average molecular weight is 337 g/mol. The van der Waals surface area contributed by atoms with Crippen LogP contribution in [0.3, 0.4) is 0 Å². The van der Waals surface area contributed by atoms with Crippen LogP contribution in [0, 0.1) is 13.8 Å². The van der Waals surface area contributed by atoms with Crippen molar-refractivity contribution >= 4 is 17.2 Å². The van der Waals surface area contributed by atoms with Gasteiger partial charge in [0, 0.05) is 35.6 Å². The minimum absolute atomic E-state index is 0.0785. The summed E-state index contributed by atoms with van der Waals surface area (Å²) < 4.78 is 5.59. The van der Waals surface area contributed by atoms with Crippen LogP contribution >= 0.6 is 11.3 Å². The van der Waals surface area contributed by atoms with Gasteiger partial charge in [0.1, 0.15) is 0 Å². The lowest BCUT2D eigenvalue weighted by Crippen LogP contribution is -2.59. The second-order valence-corrected chi connectivity index (χ2v) is 7.98. The first kappa shape index (κ1) is 16.9. The molecule has 1 amide bonds. The fourth-order valence-electron chi connectivity index (χ4n) is 3.80. The van der Waals surface area contributed by atoms with Gasteiger partial charge >= 0.3 is 0 Å². The van der Waals surface area contributed by atoms with E-state index in [4.69, 9.17) is 4.74 Å². The predicted molar refractivity (Wildman–Crippen MR) is 94.3 cm³/mol. The van der Waals surface area contributed by atoms with Crippen molar-refractivity contribution in [1.29, 1.82) is 0 Å². The van der Waals surface area contributed by atoms with E-state index in [2.05, 4.69) is 17.1 Å². The van der Waals surface area contributed by atoms with Crippen molar-refractivity contribution < 1.29 is 9.53 Å². The normalized spacial score (nSPS) is 22.0. The molecule has 1 aromatic rings. The molecule has 2 fully saturated rings. The summed E-state index contributed by atoms with van der Waals surface area (Å²) in [6, 6.07) is 0. The van der Waals surface area contributed by atoms with Gasteiger partial charge in [-0.1, -0.05) is 6.42 Å². The topological polar surface area (TPSA) is 41.6 Å². The molecule has 1 N–H and O–H groups in total. The quantitative estimate of drug-likeness (QED) is 0.918. The summed E-state index contributed by atoms with van der Waals surface area (Å²) in [5.74, 6) is 0.0785. The molecular weight excluding hydrogens is 308 g/mol. The van der Waals surface area contributed by atoms with Gasteiger partial charge in [-0.25, -0.2) is 0 Å². The number of nitrogens with zero attached hydrogens (tertiary/aromatic N) is 1. The van der Waals surface area contributed by atoms with Crippen molar-refractivity contribution in [2.45, 2.75) is 51.5 Å². The van der Waals surface area contributed by atoms with E-state index in [9.17, 15) is 4.79 Å². The van der Waals surface area contributed by atoms with E-state index < -0.39 is 0 Å². The molecule has 128 valence electrons. The summed E-state index contributed by atoms with van der Waals surface area (Å²) in [4.78, 5) is 16.4. The Hall–Kier alpha value is -0.910. The largest absolute Gasteiger partial charge is 0.381 e. The number of carbonyl (C=O) groups excluding carboxylic acids is 1. The predicted octanol–water partition coefficient (Wildman–Crippen LogP) is 3.13. The first-order valence-electron chi connectivity index (χ1n) is 8.78. The molecule has 0 saturated carbocycles. The standard InChI is InChI=1S/C18H28N2O2S/c1-14-15(2)23-12-16(14)17(21)19-13-18(6-10-22-11-7-18)20-8-4-3-5-9-20/h12H,3-11,13H2,1-2H3,(H,19,21). The fraction of sp³-hybridized carbons (Fsp3) is 0.722. The van der Waals surface area contributed by atoms with Gasteiger partial charge in [0.2, 0.25) is 0 Å². The van der Waals surface area contributed by atoms with Crippen molar-refractivity contribution in [1.82, 2.24) is 10.2 Å². The van der Waals surface area contributed by atoms with Crippen molar-refractivity contribution in [2.75, 3.05) is 32.8 Å². The van der Waals surface area contributed by atoms with Gasteiger partial charge in [-0.05, 0) is 58.2 Å². The maximum Gasteiger partial charge on any atom is 0.252 e. The van der Waals surface area contributed by atoms with E-state index in [-0.39, 0.29) is 11.4 Å². The van der Waals surface area contributed by atoms with E-state index in [1.165, 1.54) is 24.1 Å². The van der Waals surface area contributed by atoms with Gasteiger partial charge in [-0.2, -0.15) is 0 Å². The smallest absolute Gasteiger partial charge is 0.252 e. The number of hydrogen-bond acceptors (Lipinski definition) is 4. The maximum absolute atomic E-state index is 12.6. The number of hydrogen-bond donors (Lipinski definition) is 1. The van der Waals surface area contributed by atoms with Crippen molar-refractivity contribution in [3.05, 3.63) is 21.4 Å². The molecule has 23 heavy (non-hydrogen) atoms. The highest BCUT2D eigenvalue weighted by molar-refractivity contribution is 7.10. The summed E-state index contributed by atoms with van der Waals surface area (Å²) in [5.41, 5.74) is 2.05. The van der Waals surface area contributed by atoms with Gasteiger partial charge in [-0.3, -0.25) is 9.69 Å². The molecular formula is C18H28N2O2S. The van der Waals surface area contributed by atoms with Crippen LogP contribution < -0.4 is 5.32 Å². The minimum atomic E-state index is 0.0785. The lowest BCUT2D eigenvalue weighted by atomic mass is 9.86. The van der Waals surface area contributed by atoms with Crippen LogP contribution in [-0.4, -0.2) is 49.2 Å². The third kappa shape index (κ3) is 3.62. The monoisotopic (exact) mass is 336 g/mol. The number of carbonyl (C=O) groups is 1. The number of ether oxygens (including phenoxy) is 1. The Kier molecular flexibility index (Phi) is 5.39. The van der Waals surface area contributed by atoms with E-state index in [0.717, 1.165) is 56.8 Å². The number of amides is 1. The SMILES string of the molecule is Cc1scc(C(=O)NCC2(N3CCCCC3)CCOCC2)c1C. The van der Waals surface area contributed by atoms with Crippen LogP contribution in [-0.2, 0) is 4.74 Å². The van der Waals surface area contributed by atoms with Crippen LogP contribution in [0.2, 0.25) is 0 Å². The third-order valence-electron chi connectivity index (χ3n) is 5.56. The van der Waals surface area contributed by atoms with Gasteiger partial charge in [-0.15, -0.1) is 11.3 Å². The Morgan fingerprint density at radius 3 is 2.57 bits per heavy atom. The summed E-state index contributed by atoms with van der Waals surface area (Å²) in [5, 5.41) is 5.22. The summed E-state index contributed by atoms with van der Waals surface area (Å²) in [7, 11) is 0. The average Bonchev–Trinajstić information content (AvgIpc) is 2.94. The van der Waals surface area contributed by atoms with Gasteiger partial charge < -0.3 is 10.1 Å². The second-order valence-electron chi connectivity index (χ2n) is 6.90. The van der Waals surface area contributed by atoms with E-state index in [0.29, 0.717) is 0 Å². The fourth-order valence-corrected chi connectivity index (χ4v) is 4.67. The number of aryl methyl sites for hydroxylation is 1. The van der Waals surface area contributed by atoms with Crippen molar-refractivity contribution in [2.24, 2.45) is 0 Å². The second kappa shape index (κ2) is 7.32. The van der Waals surface area contributed by atoms with E-state index in [1.807, 2.05) is 12.3 Å². The Bertz CT molecular complexity index is 543. The van der Waals surface area contributed by atoms with Crippen LogP contribution in [0.5, 0.6) is 0 Å². The van der Waals surface area contributed by atoms with Gasteiger partial charge in [0.05, 0.1) is 5.56 Å². The minimum Gasteiger partial charge on any atom is -0.381 e. The molecule has 0 bridgehead atoms. The number of rotatable bonds is 4. The Balaban J connectivity index is 1.68. The molecule has 0 unspecified atom stereocenters.